The molecular formula is C17H18N2O5. The summed E-state index contributed by atoms with van der Waals surface area (Å²) in [6.45, 7) is 7.49. The number of nitrogens with zero attached hydrogens (tertiary/aromatic N) is 2. The molecule has 0 spiro atoms. The maximum Gasteiger partial charge on any atom is 0.284 e. The molecule has 2 aromatic rings. The summed E-state index contributed by atoms with van der Waals surface area (Å²) in [6.07, 6.45) is 0. The molecule has 0 radical (unpaired) electrons. The predicted octanol–water partition coefficient (Wildman–Crippen LogP) is 4.48. The average molecular weight is 330 g/mol. The van der Waals surface area contributed by atoms with Crippen LogP contribution in [0.3, 0.4) is 0 Å². The Hall–Kier alpha value is -2.96. The van der Waals surface area contributed by atoms with Gasteiger partial charge < -0.3 is 5.11 Å². The van der Waals surface area contributed by atoms with Gasteiger partial charge in [-0.05, 0) is 41.7 Å². The van der Waals surface area contributed by atoms with E-state index in [2.05, 4.69) is 0 Å². The second-order valence-electron chi connectivity index (χ2n) is 6.65. The lowest BCUT2D eigenvalue weighted by molar-refractivity contribution is -0.393. The normalized spacial score (nSPS) is 11.3. The maximum absolute atomic E-state index is 11.3. The van der Waals surface area contributed by atoms with E-state index in [1.54, 1.807) is 19.1 Å². The van der Waals surface area contributed by atoms with Crippen molar-refractivity contribution < 1.29 is 15.0 Å². The topological polar surface area (TPSA) is 107 Å². The third-order valence-corrected chi connectivity index (χ3v) is 3.81. The molecule has 0 saturated heterocycles. The summed E-state index contributed by atoms with van der Waals surface area (Å²) in [5.74, 6) is 0.149. The van der Waals surface area contributed by atoms with Gasteiger partial charge in [0.1, 0.15) is 5.75 Å². The van der Waals surface area contributed by atoms with E-state index in [9.17, 15) is 25.3 Å². The van der Waals surface area contributed by atoms with Gasteiger partial charge >= 0.3 is 0 Å². The third-order valence-electron chi connectivity index (χ3n) is 3.81. The molecule has 2 rings (SSSR count). The number of aromatic hydroxyl groups is 1. The molecule has 7 nitrogen and oxygen atoms in total. The summed E-state index contributed by atoms with van der Waals surface area (Å²) in [6, 6.07) is 6.89. The molecule has 0 atom stereocenters. The average Bonchev–Trinajstić information content (AvgIpc) is 2.47. The molecule has 7 heteroatoms. The van der Waals surface area contributed by atoms with E-state index < -0.39 is 9.85 Å². The van der Waals surface area contributed by atoms with Crippen LogP contribution < -0.4 is 0 Å². The number of hydrogen-bond donors (Lipinski definition) is 1. The molecule has 0 aromatic heterocycles. The zero-order chi connectivity index (χ0) is 18.2. The van der Waals surface area contributed by atoms with Crippen LogP contribution in [0.2, 0.25) is 0 Å². The highest BCUT2D eigenvalue weighted by Gasteiger charge is 2.24. The zero-order valence-electron chi connectivity index (χ0n) is 13.9. The summed E-state index contributed by atoms with van der Waals surface area (Å²) >= 11 is 0. The van der Waals surface area contributed by atoms with Crippen LogP contribution in [0.15, 0.2) is 30.3 Å². The van der Waals surface area contributed by atoms with E-state index in [1.165, 1.54) is 12.1 Å². The second-order valence-corrected chi connectivity index (χ2v) is 6.65. The highest BCUT2D eigenvalue weighted by Crippen LogP contribution is 2.40. The molecule has 126 valence electrons. The largest absolute Gasteiger partial charge is 0.507 e. The van der Waals surface area contributed by atoms with E-state index >= 15 is 0 Å². The van der Waals surface area contributed by atoms with Crippen molar-refractivity contribution in [2.75, 3.05) is 0 Å². The van der Waals surface area contributed by atoms with Crippen molar-refractivity contribution in [2.24, 2.45) is 0 Å². The van der Waals surface area contributed by atoms with Crippen molar-refractivity contribution >= 4 is 11.4 Å². The van der Waals surface area contributed by atoms with Gasteiger partial charge in [-0.1, -0.05) is 20.8 Å². The summed E-state index contributed by atoms with van der Waals surface area (Å²) in [5, 5.41) is 32.5. The van der Waals surface area contributed by atoms with E-state index in [-0.39, 0.29) is 28.1 Å². The van der Waals surface area contributed by atoms with Gasteiger partial charge in [0.05, 0.1) is 21.5 Å². The number of hydrogen-bond acceptors (Lipinski definition) is 5. The van der Waals surface area contributed by atoms with Crippen molar-refractivity contribution in [3.63, 3.8) is 0 Å². The molecule has 24 heavy (non-hydrogen) atoms. The first-order valence-corrected chi connectivity index (χ1v) is 7.29. The minimum atomic E-state index is -0.667. The highest BCUT2D eigenvalue weighted by atomic mass is 16.6. The summed E-state index contributed by atoms with van der Waals surface area (Å²) < 4.78 is 0. The number of benzene rings is 2. The SMILES string of the molecule is Cc1cc(-c2ccc([N+](=O)[O-])cc2[N+](=O)[O-])cc(C(C)(C)C)c1O. The molecule has 0 amide bonds. The van der Waals surface area contributed by atoms with Crippen molar-refractivity contribution in [2.45, 2.75) is 33.1 Å². The lowest BCUT2D eigenvalue weighted by Gasteiger charge is -2.22. The molecule has 0 heterocycles. The number of rotatable bonds is 3. The number of nitro groups is 2. The molecule has 0 saturated carbocycles. The van der Waals surface area contributed by atoms with Crippen LogP contribution in [0.25, 0.3) is 11.1 Å². The monoisotopic (exact) mass is 330 g/mol. The second kappa shape index (κ2) is 5.92. The highest BCUT2D eigenvalue weighted by molar-refractivity contribution is 5.77. The minimum absolute atomic E-state index is 0.149. The smallest absolute Gasteiger partial charge is 0.284 e. The molecule has 2 aromatic carbocycles. The van der Waals surface area contributed by atoms with Crippen LogP contribution in [0.1, 0.15) is 31.9 Å². The fraction of sp³-hybridized carbons (Fsp3) is 0.294. The summed E-state index contributed by atoms with van der Waals surface area (Å²) in [7, 11) is 0. The Labute approximate surface area is 138 Å². The Morgan fingerprint density at radius 3 is 2.12 bits per heavy atom. The van der Waals surface area contributed by atoms with E-state index in [4.69, 9.17) is 0 Å². The molecule has 0 fully saturated rings. The Kier molecular flexibility index (Phi) is 4.29. The van der Waals surface area contributed by atoms with Gasteiger partial charge in [0.2, 0.25) is 0 Å². The Balaban J connectivity index is 2.75. The predicted molar refractivity (Wildman–Crippen MR) is 90.3 cm³/mol. The molecule has 0 bridgehead atoms. The Morgan fingerprint density at radius 1 is 1.00 bits per heavy atom. The van der Waals surface area contributed by atoms with Crippen molar-refractivity contribution in [3.05, 3.63) is 61.7 Å². The molecule has 0 unspecified atom stereocenters. The van der Waals surface area contributed by atoms with Gasteiger partial charge in [0.15, 0.2) is 0 Å². The fourth-order valence-corrected chi connectivity index (χ4v) is 2.54. The first kappa shape index (κ1) is 17.4. The van der Waals surface area contributed by atoms with Crippen LogP contribution in [0.4, 0.5) is 11.4 Å². The first-order valence-electron chi connectivity index (χ1n) is 7.29. The zero-order valence-corrected chi connectivity index (χ0v) is 13.9. The minimum Gasteiger partial charge on any atom is -0.507 e. The molecular weight excluding hydrogens is 312 g/mol. The van der Waals surface area contributed by atoms with Crippen molar-refractivity contribution in [3.8, 4) is 16.9 Å². The maximum atomic E-state index is 11.3. The first-order chi connectivity index (χ1) is 11.0. The van der Waals surface area contributed by atoms with Crippen LogP contribution >= 0.6 is 0 Å². The summed E-state index contributed by atoms with van der Waals surface area (Å²) in [5.41, 5.74) is 1.03. The summed E-state index contributed by atoms with van der Waals surface area (Å²) in [4.78, 5) is 20.9. The van der Waals surface area contributed by atoms with Crippen molar-refractivity contribution in [1.82, 2.24) is 0 Å². The van der Waals surface area contributed by atoms with E-state index in [0.29, 0.717) is 16.7 Å². The third kappa shape index (κ3) is 3.19. The number of aryl methyl sites for hydroxylation is 1. The van der Waals surface area contributed by atoms with Gasteiger partial charge in [-0.15, -0.1) is 0 Å². The number of non-ortho nitro benzene ring substituents is 1. The molecule has 1 N–H and O–H groups in total. The van der Waals surface area contributed by atoms with Gasteiger partial charge in [-0.3, -0.25) is 20.2 Å². The lowest BCUT2D eigenvalue weighted by Crippen LogP contribution is -2.12. The van der Waals surface area contributed by atoms with Gasteiger partial charge in [0.25, 0.3) is 11.4 Å². The van der Waals surface area contributed by atoms with Crippen LogP contribution in [0.5, 0.6) is 5.75 Å². The number of phenols is 1. The standard InChI is InChI=1S/C17H18N2O5/c1-10-7-11(8-14(16(10)20)17(2,3)4)13-6-5-12(18(21)22)9-15(13)19(23)24/h5-9,20H,1-4H3. The van der Waals surface area contributed by atoms with Gasteiger partial charge in [0, 0.05) is 11.6 Å². The number of nitro benzene ring substituents is 2. The fourth-order valence-electron chi connectivity index (χ4n) is 2.54. The van der Waals surface area contributed by atoms with Crippen molar-refractivity contribution in [1.29, 1.82) is 0 Å². The van der Waals surface area contributed by atoms with Crippen LogP contribution in [-0.2, 0) is 5.41 Å². The van der Waals surface area contributed by atoms with E-state index in [1.807, 2.05) is 20.8 Å². The molecule has 0 aliphatic carbocycles. The molecule has 0 aliphatic heterocycles. The number of phenolic OH excluding ortho intramolecular Hbond substituents is 1. The Morgan fingerprint density at radius 2 is 1.62 bits per heavy atom. The van der Waals surface area contributed by atoms with Gasteiger partial charge in [-0.2, -0.15) is 0 Å². The van der Waals surface area contributed by atoms with Gasteiger partial charge in [-0.25, -0.2) is 0 Å². The van der Waals surface area contributed by atoms with Crippen LogP contribution in [-0.4, -0.2) is 15.0 Å². The van der Waals surface area contributed by atoms with E-state index in [0.717, 1.165) is 6.07 Å². The lowest BCUT2D eigenvalue weighted by atomic mass is 9.83. The Bertz CT molecular complexity index is 838. The van der Waals surface area contributed by atoms with Crippen LogP contribution in [0, 0.1) is 27.2 Å². The quantitative estimate of drug-likeness (QED) is 0.659. The molecule has 0 aliphatic rings.